The van der Waals surface area contributed by atoms with Crippen LogP contribution in [-0.4, -0.2) is 53.0 Å². The molecule has 7 heteroatoms. The number of H-pyrrole nitrogens is 1. The Morgan fingerprint density at radius 3 is 2.66 bits per heavy atom. The number of aryl methyl sites for hydroxylation is 1. The zero-order valence-corrected chi connectivity index (χ0v) is 17.3. The molecule has 0 radical (unpaired) electrons. The summed E-state index contributed by atoms with van der Waals surface area (Å²) in [6.45, 7) is 11.2. The summed E-state index contributed by atoms with van der Waals surface area (Å²) in [7, 11) is 0. The maximum absolute atomic E-state index is 12.7. The first kappa shape index (κ1) is 20.7. The van der Waals surface area contributed by atoms with E-state index in [1.807, 2.05) is 13.8 Å². The number of phenols is 1. The van der Waals surface area contributed by atoms with E-state index in [1.54, 1.807) is 18.2 Å². The molecule has 0 spiro atoms. The fraction of sp³-hybridized carbons (Fsp3) is 0.364. The van der Waals surface area contributed by atoms with E-state index in [1.165, 1.54) is 6.07 Å². The van der Waals surface area contributed by atoms with Crippen molar-refractivity contribution in [1.82, 2.24) is 15.2 Å². The second-order valence-corrected chi connectivity index (χ2v) is 7.19. The summed E-state index contributed by atoms with van der Waals surface area (Å²) in [6, 6.07) is 4.77. The molecular weight excluding hydrogens is 368 g/mol. The van der Waals surface area contributed by atoms with Gasteiger partial charge in [0.25, 0.3) is 11.8 Å². The van der Waals surface area contributed by atoms with Crippen molar-refractivity contribution in [2.75, 3.05) is 31.5 Å². The lowest BCUT2D eigenvalue weighted by Gasteiger charge is -2.18. The molecular formula is C22H28N4O3. The lowest BCUT2D eigenvalue weighted by Crippen LogP contribution is -2.35. The highest BCUT2D eigenvalue weighted by atomic mass is 16.3. The van der Waals surface area contributed by atoms with E-state index < -0.39 is 0 Å². The molecule has 0 bridgehead atoms. The van der Waals surface area contributed by atoms with E-state index in [2.05, 4.69) is 34.4 Å². The highest BCUT2D eigenvalue weighted by Gasteiger charge is 2.26. The number of carbonyl (C=O) groups is 2. The standard InChI is InChI=1S/C22H28N4O3/c1-5-26(6-2)10-9-23-22(29)20-13(3)19(24-14(20)4)12-17-16-11-15(27)7-8-18(16)25-21(17)28/h7-8,11-12,24,27H,5-6,9-10H2,1-4H3,(H,23,29)(H,25,28)/b17-12-. The van der Waals surface area contributed by atoms with Gasteiger partial charge < -0.3 is 25.6 Å². The minimum Gasteiger partial charge on any atom is -0.508 e. The maximum atomic E-state index is 12.7. The number of aromatic amines is 1. The van der Waals surface area contributed by atoms with Crippen LogP contribution in [0.25, 0.3) is 11.6 Å². The Balaban J connectivity index is 1.83. The van der Waals surface area contributed by atoms with E-state index in [-0.39, 0.29) is 17.6 Å². The van der Waals surface area contributed by atoms with Gasteiger partial charge in [-0.1, -0.05) is 13.8 Å². The highest BCUT2D eigenvalue weighted by Crippen LogP contribution is 2.36. The van der Waals surface area contributed by atoms with Crippen LogP contribution in [0.15, 0.2) is 18.2 Å². The molecule has 0 aliphatic carbocycles. The van der Waals surface area contributed by atoms with E-state index in [0.29, 0.717) is 34.6 Å². The zero-order valence-electron chi connectivity index (χ0n) is 17.3. The lowest BCUT2D eigenvalue weighted by atomic mass is 10.0. The molecule has 1 aromatic carbocycles. The van der Waals surface area contributed by atoms with E-state index in [4.69, 9.17) is 0 Å². The third kappa shape index (κ3) is 4.19. The number of nitrogens with zero attached hydrogens (tertiary/aromatic N) is 1. The van der Waals surface area contributed by atoms with Gasteiger partial charge in [-0.05, 0) is 56.8 Å². The van der Waals surface area contributed by atoms with Gasteiger partial charge in [-0.2, -0.15) is 0 Å². The Morgan fingerprint density at radius 2 is 1.97 bits per heavy atom. The summed E-state index contributed by atoms with van der Waals surface area (Å²) in [6.07, 6.45) is 1.73. The van der Waals surface area contributed by atoms with Crippen LogP contribution in [0.2, 0.25) is 0 Å². The van der Waals surface area contributed by atoms with Crippen molar-refractivity contribution in [2.24, 2.45) is 0 Å². The fourth-order valence-corrected chi connectivity index (χ4v) is 3.68. The van der Waals surface area contributed by atoms with Crippen LogP contribution in [-0.2, 0) is 4.79 Å². The predicted octanol–water partition coefficient (Wildman–Crippen LogP) is 2.90. The first-order valence-corrected chi connectivity index (χ1v) is 9.91. The van der Waals surface area contributed by atoms with Gasteiger partial charge in [-0.3, -0.25) is 9.59 Å². The summed E-state index contributed by atoms with van der Waals surface area (Å²) >= 11 is 0. The number of likely N-dealkylation sites (N-methyl/N-ethyl adjacent to an activating group) is 1. The SMILES string of the molecule is CCN(CC)CCNC(=O)c1c(C)[nH]c(/C=C2\C(=O)Nc3ccc(O)cc32)c1C. The molecule has 3 rings (SSSR count). The lowest BCUT2D eigenvalue weighted by molar-refractivity contribution is -0.110. The predicted molar refractivity (Wildman–Crippen MR) is 115 cm³/mol. The number of anilines is 1. The minimum absolute atomic E-state index is 0.0961. The molecule has 1 aromatic heterocycles. The number of phenolic OH excluding ortho intramolecular Hbond substituents is 1. The van der Waals surface area contributed by atoms with Crippen molar-refractivity contribution in [1.29, 1.82) is 0 Å². The number of carbonyl (C=O) groups excluding carboxylic acids is 2. The molecule has 0 saturated carbocycles. The maximum Gasteiger partial charge on any atom is 0.256 e. The summed E-state index contributed by atoms with van der Waals surface area (Å²) in [5.41, 5.74) is 4.61. The highest BCUT2D eigenvalue weighted by molar-refractivity contribution is 6.35. The number of nitrogens with one attached hydrogen (secondary N) is 3. The second kappa shape index (κ2) is 8.53. The Hall–Kier alpha value is -3.06. The molecule has 0 unspecified atom stereocenters. The smallest absolute Gasteiger partial charge is 0.256 e. The van der Waals surface area contributed by atoms with Crippen molar-refractivity contribution >= 4 is 29.2 Å². The summed E-state index contributed by atoms with van der Waals surface area (Å²) in [5.74, 6) is -0.261. The quantitative estimate of drug-likeness (QED) is 0.427. The number of rotatable bonds is 7. The molecule has 7 nitrogen and oxygen atoms in total. The van der Waals surface area contributed by atoms with E-state index in [0.717, 1.165) is 30.9 Å². The number of hydrogen-bond acceptors (Lipinski definition) is 4. The van der Waals surface area contributed by atoms with Crippen LogP contribution in [0.1, 0.15) is 46.7 Å². The van der Waals surface area contributed by atoms with Gasteiger partial charge in [0.1, 0.15) is 5.75 Å². The third-order valence-electron chi connectivity index (χ3n) is 5.39. The van der Waals surface area contributed by atoms with Gasteiger partial charge in [-0.25, -0.2) is 0 Å². The van der Waals surface area contributed by atoms with Crippen LogP contribution < -0.4 is 10.6 Å². The molecule has 2 heterocycles. The van der Waals surface area contributed by atoms with E-state index >= 15 is 0 Å². The van der Waals surface area contributed by atoms with Crippen LogP contribution in [0.5, 0.6) is 5.75 Å². The van der Waals surface area contributed by atoms with Crippen molar-refractivity contribution in [2.45, 2.75) is 27.7 Å². The normalized spacial score (nSPS) is 14.4. The molecule has 0 atom stereocenters. The largest absolute Gasteiger partial charge is 0.508 e. The molecule has 0 fully saturated rings. The molecule has 154 valence electrons. The van der Waals surface area contributed by atoms with Crippen LogP contribution in [0, 0.1) is 13.8 Å². The molecule has 2 aromatic rings. The summed E-state index contributed by atoms with van der Waals surface area (Å²) in [5, 5.41) is 15.5. The zero-order chi connectivity index (χ0) is 21.1. The number of benzene rings is 1. The topological polar surface area (TPSA) is 97.5 Å². The van der Waals surface area contributed by atoms with Gasteiger partial charge in [0.05, 0.1) is 11.1 Å². The monoisotopic (exact) mass is 396 g/mol. The number of aromatic nitrogens is 1. The molecule has 29 heavy (non-hydrogen) atoms. The third-order valence-corrected chi connectivity index (χ3v) is 5.39. The molecule has 4 N–H and O–H groups in total. The van der Waals surface area contributed by atoms with Gasteiger partial charge in [0.15, 0.2) is 0 Å². The molecule has 1 aliphatic rings. The first-order chi connectivity index (χ1) is 13.8. The average Bonchev–Trinajstić information content (AvgIpc) is 3.14. The Labute approximate surface area is 170 Å². The summed E-state index contributed by atoms with van der Waals surface area (Å²) < 4.78 is 0. The molecule has 0 saturated heterocycles. The number of amides is 2. The van der Waals surface area contributed by atoms with E-state index in [9.17, 15) is 14.7 Å². The van der Waals surface area contributed by atoms with Crippen molar-refractivity contribution in [3.8, 4) is 5.75 Å². The minimum atomic E-state index is -0.234. The Morgan fingerprint density at radius 1 is 1.24 bits per heavy atom. The van der Waals surface area contributed by atoms with Crippen LogP contribution >= 0.6 is 0 Å². The van der Waals surface area contributed by atoms with Gasteiger partial charge in [-0.15, -0.1) is 0 Å². The van der Waals surface area contributed by atoms with Crippen LogP contribution in [0.4, 0.5) is 5.69 Å². The first-order valence-electron chi connectivity index (χ1n) is 9.91. The fourth-order valence-electron chi connectivity index (χ4n) is 3.68. The van der Waals surface area contributed by atoms with Crippen molar-refractivity contribution in [3.63, 3.8) is 0 Å². The van der Waals surface area contributed by atoms with Crippen LogP contribution in [0.3, 0.4) is 0 Å². The van der Waals surface area contributed by atoms with Gasteiger partial charge in [0.2, 0.25) is 0 Å². The van der Waals surface area contributed by atoms with Gasteiger partial charge in [0, 0.05) is 35.7 Å². The number of fused-ring (bicyclic) bond motifs is 1. The Bertz CT molecular complexity index is 971. The average molecular weight is 396 g/mol. The summed E-state index contributed by atoms with van der Waals surface area (Å²) in [4.78, 5) is 30.6. The second-order valence-electron chi connectivity index (χ2n) is 7.19. The number of hydrogen-bond donors (Lipinski definition) is 4. The molecule has 2 amide bonds. The Kier molecular flexibility index (Phi) is 6.08. The van der Waals surface area contributed by atoms with Crippen molar-refractivity contribution in [3.05, 3.63) is 46.3 Å². The van der Waals surface area contributed by atoms with Crippen molar-refractivity contribution < 1.29 is 14.7 Å². The molecule has 1 aliphatic heterocycles. The number of aromatic hydroxyl groups is 1. The van der Waals surface area contributed by atoms with Gasteiger partial charge >= 0.3 is 0 Å².